The Morgan fingerprint density at radius 2 is 2.06 bits per heavy atom. The smallest absolute Gasteiger partial charge is 0.425 e. The van der Waals surface area contributed by atoms with Gasteiger partial charge >= 0.3 is 6.18 Å². The first-order valence-corrected chi connectivity index (χ1v) is 5.58. The van der Waals surface area contributed by atoms with Crippen molar-refractivity contribution < 1.29 is 17.9 Å². The summed E-state index contributed by atoms with van der Waals surface area (Å²) in [5.74, 6) is 0.642. The van der Waals surface area contributed by atoms with E-state index in [1.807, 2.05) is 0 Å². The first-order valence-electron chi connectivity index (χ1n) is 5.58. The summed E-state index contributed by atoms with van der Waals surface area (Å²) in [4.78, 5) is 4.11. The molecule has 1 saturated carbocycles. The van der Waals surface area contributed by atoms with Crippen molar-refractivity contribution >= 4 is 0 Å². The number of nitrogens with zero attached hydrogens (tertiary/aromatic N) is 1. The molecular weight excluding hydrogens is 231 g/mol. The van der Waals surface area contributed by atoms with Gasteiger partial charge in [0.1, 0.15) is 5.75 Å². The Bertz CT molecular complexity index is 413. The fourth-order valence-electron chi connectivity index (χ4n) is 1.61. The normalized spacial score (nSPS) is 17.9. The number of aromatic nitrogens is 1. The summed E-state index contributed by atoms with van der Waals surface area (Å²) in [7, 11) is 0. The molecule has 1 aliphatic carbocycles. The van der Waals surface area contributed by atoms with Crippen molar-refractivity contribution in [3.8, 4) is 5.75 Å². The Morgan fingerprint density at radius 3 is 2.59 bits per heavy atom. The summed E-state index contributed by atoms with van der Waals surface area (Å²) in [6.45, 7) is 2.76. The van der Waals surface area contributed by atoms with Crippen molar-refractivity contribution in [2.24, 2.45) is 0 Å². The van der Waals surface area contributed by atoms with Crippen LogP contribution < -0.4 is 4.74 Å². The Hall–Kier alpha value is -1.26. The third-order valence-electron chi connectivity index (χ3n) is 2.81. The lowest BCUT2D eigenvalue weighted by Gasteiger charge is -2.19. The van der Waals surface area contributed by atoms with Gasteiger partial charge in [0.25, 0.3) is 0 Å². The zero-order chi connectivity index (χ0) is 12.6. The predicted molar refractivity (Wildman–Crippen MR) is 57.1 cm³/mol. The molecule has 0 bridgehead atoms. The second-order valence-corrected chi connectivity index (χ2v) is 4.44. The molecule has 1 aromatic heterocycles. The largest absolute Gasteiger partial charge is 0.481 e. The van der Waals surface area contributed by atoms with Crippen molar-refractivity contribution in [2.75, 3.05) is 0 Å². The number of hydrogen-bond acceptors (Lipinski definition) is 2. The topological polar surface area (TPSA) is 22.1 Å². The molecule has 1 atom stereocenters. The van der Waals surface area contributed by atoms with Gasteiger partial charge in [0.15, 0.2) is 6.10 Å². The van der Waals surface area contributed by atoms with Crippen LogP contribution in [0.5, 0.6) is 5.75 Å². The third kappa shape index (κ3) is 2.90. The number of halogens is 3. The van der Waals surface area contributed by atoms with Crippen LogP contribution in [0.3, 0.4) is 0 Å². The molecule has 2 nitrogen and oxygen atoms in total. The van der Waals surface area contributed by atoms with E-state index in [2.05, 4.69) is 4.98 Å². The van der Waals surface area contributed by atoms with Crippen LogP contribution in [0.4, 0.5) is 13.2 Å². The highest BCUT2D eigenvalue weighted by Crippen LogP contribution is 2.44. The highest BCUT2D eigenvalue weighted by molar-refractivity contribution is 5.38. The lowest BCUT2D eigenvalue weighted by molar-refractivity contribution is -0.189. The first-order chi connectivity index (χ1) is 7.88. The Kier molecular flexibility index (Phi) is 3.02. The van der Waals surface area contributed by atoms with E-state index in [9.17, 15) is 13.2 Å². The number of aryl methyl sites for hydroxylation is 1. The first kappa shape index (κ1) is 12.2. The second kappa shape index (κ2) is 4.20. The lowest BCUT2D eigenvalue weighted by Crippen LogP contribution is -2.31. The van der Waals surface area contributed by atoms with Crippen molar-refractivity contribution in [1.29, 1.82) is 0 Å². The molecule has 2 rings (SSSR count). The van der Waals surface area contributed by atoms with Crippen LogP contribution in [-0.4, -0.2) is 17.3 Å². The standard InChI is InChI=1S/C12H14F3NO/c1-7-5-11(17-8(2)12(13,14)15)10(6-16-7)9-3-4-9/h5-6,8-9H,3-4H2,1-2H3/t8-/m0/s1. The highest BCUT2D eigenvalue weighted by Gasteiger charge is 2.39. The highest BCUT2D eigenvalue weighted by atomic mass is 19.4. The SMILES string of the molecule is Cc1cc(O[C@@H](C)C(F)(F)F)c(C2CC2)cn1. The van der Waals surface area contributed by atoms with Gasteiger partial charge in [0, 0.05) is 23.5 Å². The zero-order valence-electron chi connectivity index (χ0n) is 9.71. The van der Waals surface area contributed by atoms with Gasteiger partial charge in [0.05, 0.1) is 0 Å². The van der Waals surface area contributed by atoms with E-state index < -0.39 is 12.3 Å². The maximum atomic E-state index is 12.4. The molecule has 1 heterocycles. The van der Waals surface area contributed by atoms with Crippen LogP contribution in [0.1, 0.15) is 36.9 Å². The lowest BCUT2D eigenvalue weighted by atomic mass is 10.1. The van der Waals surface area contributed by atoms with E-state index in [-0.39, 0.29) is 0 Å². The van der Waals surface area contributed by atoms with Gasteiger partial charge in [0.2, 0.25) is 0 Å². The van der Waals surface area contributed by atoms with Crippen LogP contribution in [-0.2, 0) is 0 Å². The molecule has 0 aromatic carbocycles. The molecule has 17 heavy (non-hydrogen) atoms. The van der Waals surface area contributed by atoms with E-state index in [1.54, 1.807) is 19.2 Å². The number of rotatable bonds is 3. The molecule has 1 fully saturated rings. The fraction of sp³-hybridized carbons (Fsp3) is 0.583. The molecular formula is C12H14F3NO. The van der Waals surface area contributed by atoms with Gasteiger partial charge in [-0.25, -0.2) is 0 Å². The Morgan fingerprint density at radius 1 is 1.41 bits per heavy atom. The van der Waals surface area contributed by atoms with E-state index >= 15 is 0 Å². The summed E-state index contributed by atoms with van der Waals surface area (Å²) in [5, 5.41) is 0. The van der Waals surface area contributed by atoms with Gasteiger partial charge in [-0.1, -0.05) is 0 Å². The minimum atomic E-state index is -4.34. The maximum Gasteiger partial charge on any atom is 0.425 e. The fourth-order valence-corrected chi connectivity index (χ4v) is 1.61. The summed E-state index contributed by atoms with van der Waals surface area (Å²) in [5.41, 5.74) is 1.46. The van der Waals surface area contributed by atoms with Crippen molar-refractivity contribution in [1.82, 2.24) is 4.98 Å². The minimum absolute atomic E-state index is 0.318. The van der Waals surface area contributed by atoms with Crippen LogP contribution in [0.15, 0.2) is 12.3 Å². The maximum absolute atomic E-state index is 12.4. The average Bonchev–Trinajstić information content (AvgIpc) is 3.00. The number of hydrogen-bond donors (Lipinski definition) is 0. The van der Waals surface area contributed by atoms with Gasteiger partial charge in [-0.2, -0.15) is 13.2 Å². The van der Waals surface area contributed by atoms with Crippen molar-refractivity contribution in [3.63, 3.8) is 0 Å². The van der Waals surface area contributed by atoms with Gasteiger partial charge < -0.3 is 4.74 Å². The van der Waals surface area contributed by atoms with E-state index in [0.717, 1.165) is 25.3 Å². The van der Waals surface area contributed by atoms with Crippen molar-refractivity contribution in [2.45, 2.75) is 44.9 Å². The van der Waals surface area contributed by atoms with Gasteiger partial charge in [-0.15, -0.1) is 0 Å². The predicted octanol–water partition coefficient (Wildman–Crippen LogP) is 3.60. The van der Waals surface area contributed by atoms with E-state index in [0.29, 0.717) is 17.4 Å². The van der Waals surface area contributed by atoms with Crippen LogP contribution in [0.2, 0.25) is 0 Å². The molecule has 0 spiro atoms. The summed E-state index contributed by atoms with van der Waals surface area (Å²) in [6.07, 6.45) is -2.49. The van der Waals surface area contributed by atoms with E-state index in [1.165, 1.54) is 0 Å². The monoisotopic (exact) mass is 245 g/mol. The summed E-state index contributed by atoms with van der Waals surface area (Å²) < 4.78 is 42.4. The molecule has 0 aliphatic heterocycles. The van der Waals surface area contributed by atoms with E-state index in [4.69, 9.17) is 4.74 Å². The molecule has 5 heteroatoms. The quantitative estimate of drug-likeness (QED) is 0.811. The molecule has 94 valence electrons. The molecule has 1 aliphatic rings. The van der Waals surface area contributed by atoms with Crippen LogP contribution in [0.25, 0.3) is 0 Å². The molecule has 0 unspecified atom stereocenters. The Labute approximate surface area is 97.8 Å². The minimum Gasteiger partial charge on any atom is -0.481 e. The molecule has 0 saturated heterocycles. The third-order valence-corrected chi connectivity index (χ3v) is 2.81. The van der Waals surface area contributed by atoms with Crippen LogP contribution >= 0.6 is 0 Å². The molecule has 0 amide bonds. The zero-order valence-corrected chi connectivity index (χ0v) is 9.71. The Balaban J connectivity index is 2.21. The average molecular weight is 245 g/mol. The summed E-state index contributed by atoms with van der Waals surface area (Å²) in [6, 6.07) is 1.58. The number of ether oxygens (including phenoxy) is 1. The molecule has 0 radical (unpaired) electrons. The van der Waals surface area contributed by atoms with Crippen molar-refractivity contribution in [3.05, 3.63) is 23.5 Å². The number of alkyl halides is 3. The second-order valence-electron chi connectivity index (χ2n) is 4.44. The van der Waals surface area contributed by atoms with Crippen LogP contribution in [0, 0.1) is 6.92 Å². The summed E-state index contributed by atoms with van der Waals surface area (Å²) >= 11 is 0. The molecule has 1 aromatic rings. The number of pyridine rings is 1. The van der Waals surface area contributed by atoms with Gasteiger partial charge in [-0.05, 0) is 32.6 Å². The molecule has 0 N–H and O–H groups in total. The van der Waals surface area contributed by atoms with Gasteiger partial charge in [-0.3, -0.25) is 4.98 Å².